The summed E-state index contributed by atoms with van der Waals surface area (Å²) >= 11 is 0. The highest BCUT2D eigenvalue weighted by Gasteiger charge is 2.35. The van der Waals surface area contributed by atoms with Crippen LogP contribution in [0.5, 0.6) is 5.75 Å². The monoisotopic (exact) mass is 284 g/mol. The van der Waals surface area contributed by atoms with Crippen LogP contribution in [0.15, 0.2) is 30.5 Å². The van der Waals surface area contributed by atoms with Gasteiger partial charge in [-0.1, -0.05) is 6.07 Å². The number of benzene rings is 1. The molecule has 1 aromatic carbocycles. The van der Waals surface area contributed by atoms with Gasteiger partial charge in [-0.2, -0.15) is 0 Å². The lowest BCUT2D eigenvalue weighted by molar-refractivity contribution is -0.134. The van der Waals surface area contributed by atoms with Crippen LogP contribution in [-0.4, -0.2) is 35.0 Å². The average Bonchev–Trinajstić information content (AvgIpc) is 3.25. The average molecular weight is 284 g/mol. The predicted octanol–water partition coefficient (Wildman–Crippen LogP) is 2.95. The van der Waals surface area contributed by atoms with E-state index >= 15 is 0 Å². The van der Waals surface area contributed by atoms with Crippen LogP contribution in [0.2, 0.25) is 0 Å². The standard InChI is InChI=1S/C17H20N2O2/c20-17(12-4-5-12)19-10-7-13(8-11-19)21-16-3-1-2-15-14(16)6-9-18-15/h1-3,6,9,12-13,18H,4-5,7-8,10-11H2. The van der Waals surface area contributed by atoms with E-state index in [-0.39, 0.29) is 6.10 Å². The topological polar surface area (TPSA) is 45.3 Å². The molecule has 21 heavy (non-hydrogen) atoms. The number of nitrogens with one attached hydrogen (secondary N) is 1. The third kappa shape index (κ3) is 2.50. The van der Waals surface area contributed by atoms with E-state index in [1.807, 2.05) is 23.2 Å². The minimum absolute atomic E-state index is 0.216. The molecule has 2 aromatic rings. The van der Waals surface area contributed by atoms with Crippen LogP contribution in [0.1, 0.15) is 25.7 Å². The highest BCUT2D eigenvalue weighted by atomic mass is 16.5. The van der Waals surface area contributed by atoms with Crippen molar-refractivity contribution in [3.63, 3.8) is 0 Å². The fourth-order valence-corrected chi connectivity index (χ4v) is 3.12. The largest absolute Gasteiger partial charge is 0.490 e. The Morgan fingerprint density at radius 3 is 2.71 bits per heavy atom. The summed E-state index contributed by atoms with van der Waals surface area (Å²) in [6, 6.07) is 8.15. The zero-order chi connectivity index (χ0) is 14.2. The molecule has 0 atom stereocenters. The quantitative estimate of drug-likeness (QED) is 0.942. The first-order valence-corrected chi connectivity index (χ1v) is 7.83. The highest BCUT2D eigenvalue weighted by Crippen LogP contribution is 2.32. The maximum atomic E-state index is 12.0. The molecule has 1 aliphatic carbocycles. The van der Waals surface area contributed by atoms with Crippen molar-refractivity contribution in [3.8, 4) is 5.75 Å². The van der Waals surface area contributed by atoms with Gasteiger partial charge in [-0.3, -0.25) is 4.79 Å². The van der Waals surface area contributed by atoms with Gasteiger partial charge in [-0.25, -0.2) is 0 Å². The maximum Gasteiger partial charge on any atom is 0.225 e. The number of carbonyl (C=O) groups excluding carboxylic acids is 1. The first-order valence-electron chi connectivity index (χ1n) is 7.83. The molecule has 0 spiro atoms. The zero-order valence-electron chi connectivity index (χ0n) is 12.0. The number of hydrogen-bond donors (Lipinski definition) is 1. The Morgan fingerprint density at radius 2 is 1.95 bits per heavy atom. The summed E-state index contributed by atoms with van der Waals surface area (Å²) in [6.07, 6.45) is 6.19. The summed E-state index contributed by atoms with van der Waals surface area (Å²) in [7, 11) is 0. The van der Waals surface area contributed by atoms with Crippen LogP contribution < -0.4 is 4.74 Å². The Hall–Kier alpha value is -1.97. The van der Waals surface area contributed by atoms with Crippen molar-refractivity contribution in [2.24, 2.45) is 5.92 Å². The number of fused-ring (bicyclic) bond motifs is 1. The van der Waals surface area contributed by atoms with E-state index < -0.39 is 0 Å². The molecule has 4 nitrogen and oxygen atoms in total. The molecular formula is C17H20N2O2. The summed E-state index contributed by atoms with van der Waals surface area (Å²) in [5.41, 5.74) is 1.11. The number of amides is 1. The lowest BCUT2D eigenvalue weighted by Crippen LogP contribution is -2.42. The van der Waals surface area contributed by atoms with Gasteiger partial charge in [0.05, 0.1) is 0 Å². The molecule has 1 amide bonds. The van der Waals surface area contributed by atoms with Gasteiger partial charge in [0.15, 0.2) is 0 Å². The molecule has 1 saturated heterocycles. The SMILES string of the molecule is O=C(C1CC1)N1CCC(Oc2cccc3[nH]ccc23)CC1. The minimum Gasteiger partial charge on any atom is -0.490 e. The predicted molar refractivity (Wildman–Crippen MR) is 81.3 cm³/mol. The molecule has 0 radical (unpaired) electrons. The van der Waals surface area contributed by atoms with E-state index in [4.69, 9.17) is 4.74 Å². The summed E-state index contributed by atoms with van der Waals surface area (Å²) in [5.74, 6) is 1.64. The molecule has 0 bridgehead atoms. The number of nitrogens with zero attached hydrogens (tertiary/aromatic N) is 1. The van der Waals surface area contributed by atoms with Crippen LogP contribution in [-0.2, 0) is 4.79 Å². The van der Waals surface area contributed by atoms with Gasteiger partial charge in [0.2, 0.25) is 5.91 Å². The van der Waals surface area contributed by atoms with Gasteiger partial charge in [-0.15, -0.1) is 0 Å². The molecule has 0 unspecified atom stereocenters. The molecule has 1 N–H and O–H groups in total. The number of ether oxygens (including phenoxy) is 1. The van der Waals surface area contributed by atoms with Crippen molar-refractivity contribution in [1.82, 2.24) is 9.88 Å². The summed E-state index contributed by atoms with van der Waals surface area (Å²) in [5, 5.41) is 1.13. The minimum atomic E-state index is 0.216. The Labute approximate surface area is 124 Å². The van der Waals surface area contributed by atoms with Gasteiger partial charge >= 0.3 is 0 Å². The van der Waals surface area contributed by atoms with Crippen molar-refractivity contribution >= 4 is 16.8 Å². The van der Waals surface area contributed by atoms with Crippen molar-refractivity contribution in [3.05, 3.63) is 30.5 Å². The van der Waals surface area contributed by atoms with Gasteiger partial charge in [0, 0.05) is 48.9 Å². The Bertz CT molecular complexity index is 652. The fourth-order valence-electron chi connectivity index (χ4n) is 3.12. The molecule has 2 fully saturated rings. The third-order valence-corrected chi connectivity index (χ3v) is 4.53. The number of piperidine rings is 1. The van der Waals surface area contributed by atoms with E-state index in [1.54, 1.807) is 0 Å². The molecular weight excluding hydrogens is 264 g/mol. The zero-order valence-corrected chi connectivity index (χ0v) is 12.0. The van der Waals surface area contributed by atoms with Crippen LogP contribution in [0.25, 0.3) is 10.9 Å². The summed E-state index contributed by atoms with van der Waals surface area (Å²) < 4.78 is 6.17. The second kappa shape index (κ2) is 5.10. The van der Waals surface area contributed by atoms with Crippen molar-refractivity contribution in [1.29, 1.82) is 0 Å². The molecule has 110 valence electrons. The summed E-state index contributed by atoms with van der Waals surface area (Å²) in [4.78, 5) is 17.3. The van der Waals surface area contributed by atoms with Crippen LogP contribution >= 0.6 is 0 Å². The number of carbonyl (C=O) groups is 1. The Morgan fingerprint density at radius 1 is 1.14 bits per heavy atom. The summed E-state index contributed by atoms with van der Waals surface area (Å²) in [6.45, 7) is 1.67. The Kier molecular flexibility index (Phi) is 3.09. The molecule has 1 aliphatic heterocycles. The number of hydrogen-bond acceptors (Lipinski definition) is 2. The van der Waals surface area contributed by atoms with Crippen molar-refractivity contribution in [2.75, 3.05) is 13.1 Å². The molecule has 2 heterocycles. The third-order valence-electron chi connectivity index (χ3n) is 4.53. The van der Waals surface area contributed by atoms with Gasteiger partial charge in [0.25, 0.3) is 0 Å². The molecule has 1 aromatic heterocycles. The smallest absolute Gasteiger partial charge is 0.225 e. The molecule has 2 aliphatic rings. The number of H-pyrrole nitrogens is 1. The lowest BCUT2D eigenvalue weighted by atomic mass is 10.1. The molecule has 4 heteroatoms. The number of aromatic nitrogens is 1. The van der Waals surface area contributed by atoms with Gasteiger partial charge in [0.1, 0.15) is 11.9 Å². The van der Waals surface area contributed by atoms with Crippen molar-refractivity contribution < 1.29 is 9.53 Å². The first kappa shape index (κ1) is 12.7. The number of likely N-dealkylation sites (tertiary alicyclic amines) is 1. The van der Waals surface area contributed by atoms with E-state index in [2.05, 4.69) is 17.1 Å². The van der Waals surface area contributed by atoms with E-state index in [0.29, 0.717) is 11.8 Å². The lowest BCUT2D eigenvalue weighted by Gasteiger charge is -2.32. The highest BCUT2D eigenvalue weighted by molar-refractivity contribution is 5.85. The van der Waals surface area contributed by atoms with Crippen LogP contribution in [0, 0.1) is 5.92 Å². The van der Waals surface area contributed by atoms with Gasteiger partial charge < -0.3 is 14.6 Å². The van der Waals surface area contributed by atoms with Crippen molar-refractivity contribution in [2.45, 2.75) is 31.8 Å². The number of aromatic amines is 1. The Balaban J connectivity index is 1.40. The fraction of sp³-hybridized carbons (Fsp3) is 0.471. The first-order chi connectivity index (χ1) is 10.3. The molecule has 4 rings (SSSR count). The molecule has 1 saturated carbocycles. The van der Waals surface area contributed by atoms with E-state index in [1.165, 1.54) is 0 Å². The van der Waals surface area contributed by atoms with E-state index in [9.17, 15) is 4.79 Å². The maximum absolute atomic E-state index is 12.0. The van der Waals surface area contributed by atoms with Crippen LogP contribution in [0.4, 0.5) is 0 Å². The van der Waals surface area contributed by atoms with Crippen LogP contribution in [0.3, 0.4) is 0 Å². The number of rotatable bonds is 3. The second-order valence-corrected chi connectivity index (χ2v) is 6.11. The normalized spacial score (nSPS) is 19.9. The van der Waals surface area contributed by atoms with Gasteiger partial charge in [-0.05, 0) is 31.0 Å². The van der Waals surface area contributed by atoms with E-state index in [0.717, 1.165) is 55.4 Å². The second-order valence-electron chi connectivity index (χ2n) is 6.11.